The van der Waals surface area contributed by atoms with E-state index in [1.54, 1.807) is 0 Å². The Morgan fingerprint density at radius 3 is 2.04 bits per heavy atom. The third-order valence-corrected chi connectivity index (χ3v) is 5.75. The highest BCUT2D eigenvalue weighted by atomic mass is 16.5. The lowest BCUT2D eigenvalue weighted by atomic mass is 9.84. The quantitative estimate of drug-likeness (QED) is 0.400. The Kier molecular flexibility index (Phi) is 6.85. The topological polar surface area (TPSA) is 52.6 Å². The lowest BCUT2D eigenvalue weighted by Gasteiger charge is -2.22. The van der Waals surface area contributed by atoms with Crippen molar-refractivity contribution >= 4 is 11.9 Å². The molecule has 1 aromatic rings. The van der Waals surface area contributed by atoms with E-state index in [9.17, 15) is 9.59 Å². The van der Waals surface area contributed by atoms with Crippen molar-refractivity contribution in [3.8, 4) is 0 Å². The van der Waals surface area contributed by atoms with Crippen LogP contribution in [0.4, 0.5) is 0 Å². The molecule has 0 atom stereocenters. The van der Waals surface area contributed by atoms with E-state index in [0.29, 0.717) is 12.8 Å². The molecular formula is C22H32O4. The Morgan fingerprint density at radius 1 is 0.923 bits per heavy atom. The summed E-state index contributed by atoms with van der Waals surface area (Å²) in [7, 11) is 2.68. The van der Waals surface area contributed by atoms with Crippen LogP contribution in [-0.4, -0.2) is 26.2 Å². The summed E-state index contributed by atoms with van der Waals surface area (Å²) in [6.07, 6.45) is 7.21. The largest absolute Gasteiger partial charge is 0.468 e. The van der Waals surface area contributed by atoms with E-state index in [2.05, 4.69) is 26.8 Å². The van der Waals surface area contributed by atoms with Crippen molar-refractivity contribution in [3.05, 3.63) is 33.9 Å². The lowest BCUT2D eigenvalue weighted by molar-refractivity contribution is -0.168. The van der Waals surface area contributed by atoms with Gasteiger partial charge in [0, 0.05) is 12.8 Å². The molecule has 0 fully saturated rings. The predicted molar refractivity (Wildman–Crippen MR) is 102 cm³/mol. The lowest BCUT2D eigenvalue weighted by Crippen LogP contribution is -2.42. The Hall–Kier alpha value is -1.84. The number of methoxy groups -OCH3 is 2. The van der Waals surface area contributed by atoms with Crippen LogP contribution in [0, 0.1) is 5.41 Å². The summed E-state index contributed by atoms with van der Waals surface area (Å²) in [4.78, 5) is 25.2. The minimum Gasteiger partial charge on any atom is -0.468 e. The predicted octanol–water partition coefficient (Wildman–Crippen LogP) is 3.98. The first kappa shape index (κ1) is 20.5. The molecule has 1 aliphatic rings. The third-order valence-electron chi connectivity index (χ3n) is 5.75. The minimum absolute atomic E-state index is 0.382. The fourth-order valence-electron chi connectivity index (χ4n) is 4.36. The molecule has 4 heteroatoms. The molecule has 0 bridgehead atoms. The molecule has 0 heterocycles. The van der Waals surface area contributed by atoms with Crippen LogP contribution in [0.3, 0.4) is 0 Å². The van der Waals surface area contributed by atoms with Crippen LogP contribution in [0.15, 0.2) is 6.07 Å². The van der Waals surface area contributed by atoms with Gasteiger partial charge in [-0.15, -0.1) is 0 Å². The maximum atomic E-state index is 12.6. The van der Waals surface area contributed by atoms with Crippen LogP contribution in [0.2, 0.25) is 0 Å². The van der Waals surface area contributed by atoms with E-state index in [1.165, 1.54) is 55.7 Å². The molecule has 0 N–H and O–H groups in total. The normalized spacial score (nSPS) is 14.8. The number of hydrogen-bond acceptors (Lipinski definition) is 4. The number of esters is 2. The standard InChI is InChI=1S/C22H32O4/c1-6-9-10-11-16-12-15(7-2)18-13-22(20(23)25-4,21(24)26-5)14-19(18)17(16)8-3/h12H,6-11,13-14H2,1-5H3. The van der Waals surface area contributed by atoms with Gasteiger partial charge in [0.2, 0.25) is 0 Å². The molecule has 0 saturated carbocycles. The van der Waals surface area contributed by atoms with Crippen LogP contribution in [0.25, 0.3) is 0 Å². The summed E-state index contributed by atoms with van der Waals surface area (Å²) in [5, 5.41) is 0. The van der Waals surface area contributed by atoms with Gasteiger partial charge >= 0.3 is 11.9 Å². The average Bonchev–Trinajstić information content (AvgIpc) is 3.07. The van der Waals surface area contributed by atoms with Crippen molar-refractivity contribution in [1.29, 1.82) is 0 Å². The number of aryl methyl sites for hydroxylation is 2. The van der Waals surface area contributed by atoms with Gasteiger partial charge in [0.15, 0.2) is 5.41 Å². The average molecular weight is 360 g/mol. The highest BCUT2D eigenvalue weighted by Crippen LogP contribution is 2.43. The maximum Gasteiger partial charge on any atom is 0.323 e. The molecule has 0 amide bonds. The molecule has 0 unspecified atom stereocenters. The first-order valence-electron chi connectivity index (χ1n) is 9.81. The second-order valence-corrected chi connectivity index (χ2v) is 7.21. The van der Waals surface area contributed by atoms with Gasteiger partial charge in [-0.3, -0.25) is 9.59 Å². The van der Waals surface area contributed by atoms with Gasteiger partial charge in [0.05, 0.1) is 14.2 Å². The van der Waals surface area contributed by atoms with Gasteiger partial charge in [-0.1, -0.05) is 39.7 Å². The third kappa shape index (κ3) is 3.51. The van der Waals surface area contributed by atoms with Crippen LogP contribution in [0.5, 0.6) is 0 Å². The summed E-state index contributed by atoms with van der Waals surface area (Å²) in [5.41, 5.74) is 5.03. The van der Waals surface area contributed by atoms with Crippen molar-refractivity contribution in [1.82, 2.24) is 0 Å². The second kappa shape index (κ2) is 8.70. The van der Waals surface area contributed by atoms with Crippen LogP contribution in [0.1, 0.15) is 67.9 Å². The van der Waals surface area contributed by atoms with Crippen LogP contribution >= 0.6 is 0 Å². The van der Waals surface area contributed by atoms with E-state index in [-0.39, 0.29) is 0 Å². The number of ether oxygens (including phenoxy) is 2. The number of carbonyl (C=O) groups is 2. The maximum absolute atomic E-state index is 12.6. The smallest absolute Gasteiger partial charge is 0.323 e. The fraction of sp³-hybridized carbons (Fsp3) is 0.636. The van der Waals surface area contributed by atoms with E-state index in [1.807, 2.05) is 0 Å². The fourth-order valence-corrected chi connectivity index (χ4v) is 4.36. The van der Waals surface area contributed by atoms with Gasteiger partial charge in [0.25, 0.3) is 0 Å². The number of unbranched alkanes of at least 4 members (excludes halogenated alkanes) is 2. The summed E-state index contributed by atoms with van der Waals surface area (Å²) in [6, 6.07) is 2.30. The molecule has 4 nitrogen and oxygen atoms in total. The highest BCUT2D eigenvalue weighted by molar-refractivity contribution is 6.01. The van der Waals surface area contributed by atoms with Crippen molar-refractivity contribution in [2.24, 2.45) is 5.41 Å². The monoisotopic (exact) mass is 360 g/mol. The van der Waals surface area contributed by atoms with Crippen molar-refractivity contribution in [3.63, 3.8) is 0 Å². The molecule has 1 aromatic carbocycles. The minimum atomic E-state index is -1.23. The van der Waals surface area contributed by atoms with Crippen LogP contribution < -0.4 is 0 Å². The molecule has 0 spiro atoms. The first-order chi connectivity index (χ1) is 12.5. The zero-order chi connectivity index (χ0) is 19.3. The zero-order valence-corrected chi connectivity index (χ0v) is 16.9. The van der Waals surface area contributed by atoms with Crippen LogP contribution in [-0.2, 0) is 51.2 Å². The Morgan fingerprint density at radius 2 is 1.54 bits per heavy atom. The number of fused-ring (bicyclic) bond motifs is 1. The Balaban J connectivity index is 2.55. The van der Waals surface area contributed by atoms with E-state index in [0.717, 1.165) is 24.8 Å². The van der Waals surface area contributed by atoms with Crippen molar-refractivity contribution in [2.75, 3.05) is 14.2 Å². The molecule has 144 valence electrons. The van der Waals surface area contributed by atoms with Crippen molar-refractivity contribution < 1.29 is 19.1 Å². The molecule has 1 aliphatic carbocycles. The second-order valence-electron chi connectivity index (χ2n) is 7.21. The molecule has 0 aromatic heterocycles. The number of benzene rings is 1. The Bertz CT molecular complexity index is 659. The van der Waals surface area contributed by atoms with Gasteiger partial charge < -0.3 is 9.47 Å². The van der Waals surface area contributed by atoms with Gasteiger partial charge in [-0.05, 0) is 53.5 Å². The summed E-state index contributed by atoms with van der Waals surface area (Å²) >= 11 is 0. The number of carbonyl (C=O) groups excluding carboxylic acids is 2. The molecule has 0 saturated heterocycles. The van der Waals surface area contributed by atoms with Crippen molar-refractivity contribution in [2.45, 2.75) is 72.1 Å². The number of rotatable bonds is 8. The zero-order valence-electron chi connectivity index (χ0n) is 16.9. The van der Waals surface area contributed by atoms with Gasteiger partial charge in [-0.25, -0.2) is 0 Å². The number of hydrogen-bond donors (Lipinski definition) is 0. The summed E-state index contributed by atoms with van der Waals surface area (Å²) in [5.74, 6) is -0.977. The summed E-state index contributed by atoms with van der Waals surface area (Å²) < 4.78 is 10.0. The Labute approximate surface area is 157 Å². The highest BCUT2D eigenvalue weighted by Gasteiger charge is 2.53. The van der Waals surface area contributed by atoms with E-state index in [4.69, 9.17) is 9.47 Å². The molecule has 26 heavy (non-hydrogen) atoms. The molecule has 2 rings (SSSR count). The molecule has 0 aliphatic heterocycles. The molecule has 0 radical (unpaired) electrons. The SMILES string of the molecule is CCCCCc1cc(CC)c2c(c1CC)CC(C(=O)OC)(C(=O)OC)C2. The van der Waals surface area contributed by atoms with E-state index >= 15 is 0 Å². The summed E-state index contributed by atoms with van der Waals surface area (Å²) in [6.45, 7) is 6.50. The molecular weight excluding hydrogens is 328 g/mol. The van der Waals surface area contributed by atoms with Gasteiger partial charge in [0.1, 0.15) is 0 Å². The van der Waals surface area contributed by atoms with E-state index < -0.39 is 17.4 Å². The van der Waals surface area contributed by atoms with Gasteiger partial charge in [-0.2, -0.15) is 0 Å². The first-order valence-corrected chi connectivity index (χ1v) is 9.81.